The molecule has 9 nitrogen and oxygen atoms in total. The molecule has 1 saturated heterocycles. The van der Waals surface area contributed by atoms with Crippen molar-refractivity contribution in [3.63, 3.8) is 0 Å². The van der Waals surface area contributed by atoms with Gasteiger partial charge in [0.15, 0.2) is 0 Å². The van der Waals surface area contributed by atoms with Crippen LogP contribution >= 0.6 is 23.2 Å². The maximum atomic E-state index is 15.9. The van der Waals surface area contributed by atoms with Crippen molar-refractivity contribution in [2.75, 3.05) is 17.7 Å². The molecule has 1 fully saturated rings. The molecule has 1 spiro atoms. The van der Waals surface area contributed by atoms with Crippen LogP contribution in [0.4, 0.5) is 15.8 Å². The number of aromatic nitrogens is 1. The fourth-order valence-electron chi connectivity index (χ4n) is 6.01. The van der Waals surface area contributed by atoms with E-state index in [1.807, 2.05) is 0 Å². The normalized spacial score (nSPS) is 22.8. The van der Waals surface area contributed by atoms with Gasteiger partial charge in [-0.3, -0.25) is 9.59 Å². The molecule has 1 aromatic heterocycles. The van der Waals surface area contributed by atoms with Gasteiger partial charge in [-0.05, 0) is 61.7 Å². The molecule has 0 bridgehead atoms. The van der Waals surface area contributed by atoms with Crippen LogP contribution in [0.1, 0.15) is 47.8 Å². The summed E-state index contributed by atoms with van der Waals surface area (Å²) in [5.41, 5.74) is -1.12. The molecule has 5 rings (SSSR count). The van der Waals surface area contributed by atoms with Crippen LogP contribution in [-0.2, 0) is 19.7 Å². The first-order chi connectivity index (χ1) is 19.9. The number of amides is 2. The number of nitriles is 1. The highest BCUT2D eigenvalue weighted by Gasteiger charge is 2.66. The molecule has 2 aromatic carbocycles. The van der Waals surface area contributed by atoms with E-state index in [4.69, 9.17) is 23.2 Å². The summed E-state index contributed by atoms with van der Waals surface area (Å²) in [7, 11) is 1.23. The number of nitrogens with one attached hydrogen (secondary N) is 3. The van der Waals surface area contributed by atoms with Crippen molar-refractivity contribution in [2.24, 2.45) is 5.41 Å². The second-order valence-corrected chi connectivity index (χ2v) is 11.8. The number of pyridine rings is 1. The number of halogens is 3. The van der Waals surface area contributed by atoms with Gasteiger partial charge in [0.05, 0.1) is 41.5 Å². The van der Waals surface area contributed by atoms with Crippen molar-refractivity contribution in [2.45, 2.75) is 43.7 Å². The fourth-order valence-corrected chi connectivity index (χ4v) is 6.36. The highest BCUT2D eigenvalue weighted by Crippen LogP contribution is 2.57. The highest BCUT2D eigenvalue weighted by molar-refractivity contribution is 6.31. The third-order valence-corrected chi connectivity index (χ3v) is 8.37. The van der Waals surface area contributed by atoms with Gasteiger partial charge in [-0.2, -0.15) is 5.26 Å². The predicted molar refractivity (Wildman–Crippen MR) is 155 cm³/mol. The molecule has 2 aliphatic rings. The van der Waals surface area contributed by atoms with Gasteiger partial charge in [-0.15, -0.1) is 0 Å². The van der Waals surface area contributed by atoms with Crippen molar-refractivity contribution in [3.8, 4) is 6.07 Å². The van der Waals surface area contributed by atoms with Gasteiger partial charge in [-0.25, -0.2) is 14.2 Å². The lowest BCUT2D eigenvalue weighted by Crippen LogP contribution is -2.50. The summed E-state index contributed by atoms with van der Waals surface area (Å²) < 4.78 is 20.5. The second-order valence-electron chi connectivity index (χ2n) is 10.9. The molecule has 0 radical (unpaired) electrons. The Morgan fingerprint density at radius 3 is 2.64 bits per heavy atom. The Bertz CT molecular complexity index is 1640. The lowest BCUT2D eigenvalue weighted by Gasteiger charge is -2.37. The first kappa shape index (κ1) is 29.5. The number of fused-ring (bicyclic) bond motifs is 2. The Morgan fingerprint density at radius 1 is 1.21 bits per heavy atom. The van der Waals surface area contributed by atoms with Crippen LogP contribution in [0.3, 0.4) is 0 Å². The largest absolute Gasteiger partial charge is 0.464 e. The van der Waals surface area contributed by atoms with Gasteiger partial charge in [-0.1, -0.05) is 41.4 Å². The van der Waals surface area contributed by atoms with Crippen molar-refractivity contribution in [1.29, 1.82) is 5.26 Å². The average Bonchev–Trinajstić information content (AvgIpc) is 3.44. The zero-order chi connectivity index (χ0) is 30.4. The maximum Gasteiger partial charge on any atom is 0.356 e. The number of benzene rings is 2. The zero-order valence-corrected chi connectivity index (χ0v) is 24.3. The first-order valence-electron chi connectivity index (χ1n) is 13.0. The molecule has 0 aliphatic carbocycles. The number of hydrogen-bond donors (Lipinski definition) is 3. The van der Waals surface area contributed by atoms with Gasteiger partial charge >= 0.3 is 5.97 Å². The van der Waals surface area contributed by atoms with Gasteiger partial charge in [0.1, 0.15) is 16.9 Å². The van der Waals surface area contributed by atoms with E-state index in [1.54, 1.807) is 38.1 Å². The molecule has 3 heterocycles. The highest BCUT2D eigenvalue weighted by atomic mass is 35.5. The number of methoxy groups -OCH3 is 1. The van der Waals surface area contributed by atoms with Crippen LogP contribution in [0.2, 0.25) is 10.0 Å². The van der Waals surface area contributed by atoms with Gasteiger partial charge in [0.2, 0.25) is 11.8 Å². The smallest absolute Gasteiger partial charge is 0.356 e. The molecule has 4 atom stereocenters. The minimum absolute atomic E-state index is 0.0454. The Hall–Kier alpha value is -4.04. The Labute approximate surface area is 251 Å². The van der Waals surface area contributed by atoms with E-state index < -0.39 is 52.4 Å². The van der Waals surface area contributed by atoms with Crippen LogP contribution in [-0.4, -0.2) is 42.0 Å². The van der Waals surface area contributed by atoms with E-state index in [9.17, 15) is 19.6 Å². The summed E-state index contributed by atoms with van der Waals surface area (Å²) in [5.74, 6) is -3.55. The van der Waals surface area contributed by atoms with Crippen LogP contribution in [0.5, 0.6) is 0 Å². The standard InChI is InChI=1S/C30H26Cl2FN5O4/c1-29(2,14-34)12-22-30(18-9-7-15(31)11-21(18)37-28(30)41)23(17-5-4-6-19(32)24(17)33)25(38-22)26(39)36-16-8-10-20(35-13-16)27(40)42-3/h4-11,13,22-23,25,38H,12H2,1-3H3,(H,36,39)(H,37,41)/t22-,23-,25+,30+/m0/s1. The molecule has 3 aromatic rings. The first-order valence-corrected chi connectivity index (χ1v) is 13.8. The van der Waals surface area contributed by atoms with Crippen molar-refractivity contribution < 1.29 is 23.5 Å². The second kappa shape index (κ2) is 11.0. The van der Waals surface area contributed by atoms with Crippen molar-refractivity contribution >= 4 is 52.4 Å². The maximum absolute atomic E-state index is 15.9. The molecule has 0 unspecified atom stereocenters. The molecule has 0 saturated carbocycles. The van der Waals surface area contributed by atoms with E-state index >= 15 is 4.39 Å². The third kappa shape index (κ3) is 4.87. The predicted octanol–water partition coefficient (Wildman–Crippen LogP) is 5.21. The number of anilines is 2. The quantitative estimate of drug-likeness (QED) is 0.327. The van der Waals surface area contributed by atoms with Crippen LogP contribution in [0.15, 0.2) is 54.7 Å². The number of ether oxygens (including phenoxy) is 1. The molecule has 216 valence electrons. The number of esters is 1. The molecule has 2 amide bonds. The topological polar surface area (TPSA) is 133 Å². The lowest BCUT2D eigenvalue weighted by molar-refractivity contribution is -0.122. The number of rotatable bonds is 6. The SMILES string of the molecule is COC(=O)c1ccc(NC(=O)[C@@H]2N[C@@H](CC(C)(C)C#N)[C@@]3(C(=O)Nc4cc(Cl)ccc43)[C@H]2c2cccc(Cl)c2F)cn1. The summed E-state index contributed by atoms with van der Waals surface area (Å²) in [4.78, 5) is 44.0. The minimum Gasteiger partial charge on any atom is -0.464 e. The van der Waals surface area contributed by atoms with E-state index in [1.165, 1.54) is 37.6 Å². The molecule has 12 heteroatoms. The third-order valence-electron chi connectivity index (χ3n) is 7.85. The van der Waals surface area contributed by atoms with Crippen LogP contribution in [0.25, 0.3) is 0 Å². The summed E-state index contributed by atoms with van der Waals surface area (Å²) >= 11 is 12.5. The van der Waals surface area contributed by atoms with Crippen molar-refractivity contribution in [1.82, 2.24) is 10.3 Å². The zero-order valence-electron chi connectivity index (χ0n) is 22.8. The number of hydrogen-bond acceptors (Lipinski definition) is 7. The molecular formula is C30H26Cl2FN5O4. The van der Waals surface area contributed by atoms with E-state index in [-0.39, 0.29) is 28.4 Å². The summed E-state index contributed by atoms with van der Waals surface area (Å²) in [5, 5.41) is 19.1. The van der Waals surface area contributed by atoms with Crippen molar-refractivity contribution in [3.05, 3.63) is 87.4 Å². The summed E-state index contributed by atoms with van der Waals surface area (Å²) in [6.07, 6.45) is 1.44. The fraction of sp³-hybridized carbons (Fsp3) is 0.300. The molecular weight excluding hydrogens is 584 g/mol. The van der Waals surface area contributed by atoms with Crippen LogP contribution < -0.4 is 16.0 Å². The lowest BCUT2D eigenvalue weighted by atomic mass is 9.62. The molecule has 42 heavy (non-hydrogen) atoms. The Morgan fingerprint density at radius 2 is 1.98 bits per heavy atom. The summed E-state index contributed by atoms with van der Waals surface area (Å²) in [6.45, 7) is 3.46. The van der Waals surface area contributed by atoms with E-state index in [0.29, 0.717) is 16.3 Å². The molecule has 2 aliphatic heterocycles. The summed E-state index contributed by atoms with van der Waals surface area (Å²) in [6, 6.07) is 12.6. The van der Waals surface area contributed by atoms with E-state index in [2.05, 4.69) is 31.7 Å². The number of nitrogens with zero attached hydrogens (tertiary/aromatic N) is 2. The molecule has 3 N–H and O–H groups in total. The van der Waals surface area contributed by atoms with Gasteiger partial charge in [0.25, 0.3) is 0 Å². The monoisotopic (exact) mass is 609 g/mol. The van der Waals surface area contributed by atoms with E-state index in [0.717, 1.165) is 0 Å². The van der Waals surface area contributed by atoms with Gasteiger partial charge in [0, 0.05) is 22.7 Å². The van der Waals surface area contributed by atoms with Crippen LogP contribution in [0, 0.1) is 22.6 Å². The Kier molecular flexibility index (Phi) is 7.70. The number of carbonyl (C=O) groups is 3. The Balaban J connectivity index is 1.68. The van der Waals surface area contributed by atoms with Gasteiger partial charge < -0.3 is 20.7 Å². The minimum atomic E-state index is -1.52. The number of carbonyl (C=O) groups excluding carboxylic acids is 3. The average molecular weight is 610 g/mol.